The number of nitrogens with zero attached hydrogens (tertiary/aromatic N) is 1. The second-order valence-corrected chi connectivity index (χ2v) is 22.1. The molecule has 0 fully saturated rings. The molecule has 0 saturated heterocycles. The van der Waals surface area contributed by atoms with Crippen molar-refractivity contribution in [2.45, 2.75) is 251 Å². The lowest BCUT2D eigenvalue weighted by Gasteiger charge is -2.24. The van der Waals surface area contributed by atoms with Crippen LogP contribution in [0.3, 0.4) is 0 Å². The molecule has 0 aromatic heterocycles. The SMILES string of the molecule is CC/C=C\C/C=C\C/C=C\C/C=C\C/C=C\C/C=C\C/C=C\CCCCCCCC(=O)OC(COC(=O)CCCCCCCCCCCCCCCCCCCCCCC)COP(=O)(O)OCC[N+](C)(C)C. The standard InChI is InChI=1S/C62H110NO8P/c1-6-8-10-12-14-16-18-20-22-24-26-28-29-30-31-32-33-35-37-39-41-43-45-47-49-51-53-55-62(65)71-60(59-70-72(66,67)69-57-56-63(3,4)5)58-68-61(64)54-52-50-48-46-44-42-40-38-36-34-27-25-23-21-19-17-15-13-11-9-7-2/h8,10,14,16,20,22,26,28,30-31,33,35,39,41,60H,6-7,9,11-13,15,17-19,21,23-25,27,29,32,34,36-38,40,42-59H2,1-5H3/p+1/b10-8-,16-14-,22-20-,28-26-,31-30-,35-33-,41-39-. The summed E-state index contributed by atoms with van der Waals surface area (Å²) in [4.78, 5) is 35.7. The van der Waals surface area contributed by atoms with Crippen LogP contribution in [0.2, 0.25) is 0 Å². The molecule has 72 heavy (non-hydrogen) atoms. The lowest BCUT2D eigenvalue weighted by atomic mass is 10.0. The van der Waals surface area contributed by atoms with Crippen molar-refractivity contribution >= 4 is 19.8 Å². The zero-order chi connectivity index (χ0) is 52.7. The van der Waals surface area contributed by atoms with Crippen LogP contribution in [-0.4, -0.2) is 74.9 Å². The smallest absolute Gasteiger partial charge is 0.462 e. The van der Waals surface area contributed by atoms with Crippen LogP contribution in [0.5, 0.6) is 0 Å². The van der Waals surface area contributed by atoms with E-state index in [1.165, 1.54) is 116 Å². The number of esters is 2. The molecule has 0 aromatic carbocycles. The fourth-order valence-electron chi connectivity index (χ4n) is 7.94. The first-order valence-electron chi connectivity index (χ1n) is 29.3. The number of unbranched alkanes of at least 4 members (excludes halogenated alkanes) is 25. The third kappa shape index (κ3) is 56.5. The molecule has 2 unspecified atom stereocenters. The van der Waals surface area contributed by atoms with E-state index >= 15 is 0 Å². The molecule has 0 rings (SSSR count). The molecule has 10 heteroatoms. The molecule has 2 atom stereocenters. The third-order valence-electron chi connectivity index (χ3n) is 12.4. The van der Waals surface area contributed by atoms with Gasteiger partial charge in [-0.1, -0.05) is 247 Å². The second-order valence-electron chi connectivity index (χ2n) is 20.7. The van der Waals surface area contributed by atoms with E-state index < -0.39 is 26.5 Å². The Hall–Kier alpha value is -2.81. The molecule has 416 valence electrons. The number of hydrogen-bond acceptors (Lipinski definition) is 7. The van der Waals surface area contributed by atoms with Crippen LogP contribution < -0.4 is 0 Å². The minimum Gasteiger partial charge on any atom is -0.462 e. The van der Waals surface area contributed by atoms with Crippen molar-refractivity contribution in [2.24, 2.45) is 0 Å². The van der Waals surface area contributed by atoms with Gasteiger partial charge in [0.25, 0.3) is 0 Å². The van der Waals surface area contributed by atoms with Gasteiger partial charge < -0.3 is 18.9 Å². The van der Waals surface area contributed by atoms with Gasteiger partial charge in [0.1, 0.15) is 19.8 Å². The van der Waals surface area contributed by atoms with Gasteiger partial charge in [-0.05, 0) is 70.6 Å². The number of carbonyl (C=O) groups excluding carboxylic acids is 2. The van der Waals surface area contributed by atoms with Crippen molar-refractivity contribution < 1.29 is 42.1 Å². The van der Waals surface area contributed by atoms with Crippen LogP contribution >= 0.6 is 7.82 Å². The summed E-state index contributed by atoms with van der Waals surface area (Å²) in [6, 6.07) is 0. The number of phosphoric ester groups is 1. The highest BCUT2D eigenvalue weighted by Gasteiger charge is 2.27. The van der Waals surface area contributed by atoms with E-state index in [2.05, 4.69) is 98.9 Å². The number of phosphoric acid groups is 1. The van der Waals surface area contributed by atoms with Crippen LogP contribution in [0.1, 0.15) is 245 Å². The number of rotatable bonds is 53. The molecule has 0 aliphatic carbocycles. The average molecular weight is 1030 g/mol. The molecule has 0 aromatic rings. The van der Waals surface area contributed by atoms with Crippen LogP contribution in [0.4, 0.5) is 0 Å². The van der Waals surface area contributed by atoms with E-state index in [4.69, 9.17) is 18.5 Å². The fourth-order valence-corrected chi connectivity index (χ4v) is 8.68. The van der Waals surface area contributed by atoms with E-state index in [-0.39, 0.29) is 32.0 Å². The highest BCUT2D eigenvalue weighted by molar-refractivity contribution is 7.47. The van der Waals surface area contributed by atoms with Crippen LogP contribution in [0.15, 0.2) is 85.1 Å². The Kier molecular flexibility index (Phi) is 51.0. The fraction of sp³-hybridized carbons (Fsp3) is 0.742. The van der Waals surface area contributed by atoms with E-state index in [9.17, 15) is 19.0 Å². The Bertz CT molecular complexity index is 1490. The number of hydrogen-bond donors (Lipinski definition) is 1. The van der Waals surface area contributed by atoms with Crippen molar-refractivity contribution in [1.29, 1.82) is 0 Å². The highest BCUT2D eigenvalue weighted by Crippen LogP contribution is 2.43. The molecule has 0 saturated carbocycles. The zero-order valence-electron chi connectivity index (χ0n) is 47.1. The second kappa shape index (κ2) is 53.0. The number of ether oxygens (including phenoxy) is 2. The van der Waals surface area contributed by atoms with E-state index in [1.807, 2.05) is 21.1 Å². The third-order valence-corrected chi connectivity index (χ3v) is 13.4. The first-order chi connectivity index (χ1) is 35.0. The lowest BCUT2D eigenvalue weighted by Crippen LogP contribution is -2.37. The Labute approximate surface area is 443 Å². The lowest BCUT2D eigenvalue weighted by molar-refractivity contribution is -0.870. The average Bonchev–Trinajstić information content (AvgIpc) is 3.34. The summed E-state index contributed by atoms with van der Waals surface area (Å²) in [7, 11) is 1.46. The molecule has 0 bridgehead atoms. The molecule has 0 spiro atoms. The van der Waals surface area contributed by atoms with Gasteiger partial charge in [0.2, 0.25) is 0 Å². The summed E-state index contributed by atoms with van der Waals surface area (Å²) in [6.07, 6.45) is 70.8. The van der Waals surface area contributed by atoms with Gasteiger partial charge in [-0.25, -0.2) is 4.57 Å². The highest BCUT2D eigenvalue weighted by atomic mass is 31.2. The largest absolute Gasteiger partial charge is 0.472 e. The summed E-state index contributed by atoms with van der Waals surface area (Å²) in [6.45, 7) is 4.31. The molecule has 9 nitrogen and oxygen atoms in total. The normalized spacial score (nSPS) is 13.9. The molecule has 0 aliphatic heterocycles. The Balaban J connectivity index is 4.23. The van der Waals surface area contributed by atoms with Crippen LogP contribution in [-0.2, 0) is 32.7 Å². The van der Waals surface area contributed by atoms with Gasteiger partial charge in [0.15, 0.2) is 6.10 Å². The predicted molar refractivity (Wildman–Crippen MR) is 307 cm³/mol. The Morgan fingerprint density at radius 1 is 0.444 bits per heavy atom. The van der Waals surface area contributed by atoms with Gasteiger partial charge in [0, 0.05) is 12.8 Å². The number of likely N-dealkylation sites (N-methyl/N-ethyl adjacent to an activating group) is 1. The van der Waals surface area contributed by atoms with Crippen molar-refractivity contribution in [3.05, 3.63) is 85.1 Å². The van der Waals surface area contributed by atoms with Crippen LogP contribution in [0, 0.1) is 0 Å². The van der Waals surface area contributed by atoms with Crippen LogP contribution in [0.25, 0.3) is 0 Å². The number of quaternary nitrogens is 1. The summed E-state index contributed by atoms with van der Waals surface area (Å²) in [5.41, 5.74) is 0. The molecule has 0 aliphatic rings. The molecule has 1 N–H and O–H groups in total. The van der Waals surface area contributed by atoms with E-state index in [0.717, 1.165) is 96.3 Å². The van der Waals surface area contributed by atoms with Crippen molar-refractivity contribution in [1.82, 2.24) is 0 Å². The summed E-state index contributed by atoms with van der Waals surface area (Å²) < 4.78 is 34.6. The minimum atomic E-state index is -4.40. The predicted octanol–water partition coefficient (Wildman–Crippen LogP) is 18.3. The van der Waals surface area contributed by atoms with E-state index in [0.29, 0.717) is 17.4 Å². The number of allylic oxidation sites excluding steroid dienone is 14. The maximum Gasteiger partial charge on any atom is 0.472 e. The topological polar surface area (TPSA) is 108 Å². The van der Waals surface area contributed by atoms with Gasteiger partial charge in [0.05, 0.1) is 27.7 Å². The molecule has 0 heterocycles. The zero-order valence-corrected chi connectivity index (χ0v) is 48.0. The maximum atomic E-state index is 12.8. The Morgan fingerprint density at radius 2 is 0.792 bits per heavy atom. The van der Waals surface area contributed by atoms with Crippen molar-refractivity contribution in [3.8, 4) is 0 Å². The Morgan fingerprint density at radius 3 is 1.18 bits per heavy atom. The number of carbonyl (C=O) groups is 2. The maximum absolute atomic E-state index is 12.8. The quantitative estimate of drug-likeness (QED) is 0.0211. The summed E-state index contributed by atoms with van der Waals surface area (Å²) in [5.74, 6) is -0.816. The first-order valence-corrected chi connectivity index (χ1v) is 30.8. The monoisotopic (exact) mass is 1030 g/mol. The molecule has 0 radical (unpaired) electrons. The summed E-state index contributed by atoms with van der Waals surface area (Å²) >= 11 is 0. The minimum absolute atomic E-state index is 0.0246. The van der Waals surface area contributed by atoms with Gasteiger partial charge in [-0.3, -0.25) is 18.6 Å². The van der Waals surface area contributed by atoms with E-state index in [1.54, 1.807) is 0 Å². The summed E-state index contributed by atoms with van der Waals surface area (Å²) in [5, 5.41) is 0. The molecular weight excluding hydrogens is 918 g/mol. The van der Waals surface area contributed by atoms with Gasteiger partial charge in [-0.15, -0.1) is 0 Å². The van der Waals surface area contributed by atoms with Crippen molar-refractivity contribution in [3.63, 3.8) is 0 Å². The van der Waals surface area contributed by atoms with Gasteiger partial charge in [-0.2, -0.15) is 0 Å². The molecule has 0 amide bonds. The van der Waals surface area contributed by atoms with Gasteiger partial charge >= 0.3 is 19.8 Å². The van der Waals surface area contributed by atoms with Crippen molar-refractivity contribution in [2.75, 3.05) is 47.5 Å². The molecular formula is C62H111NO8P+. The first kappa shape index (κ1) is 69.2.